The van der Waals surface area contributed by atoms with Crippen molar-refractivity contribution >= 4 is 19.5 Å². The predicted molar refractivity (Wildman–Crippen MR) is 52.3 cm³/mol. The van der Waals surface area contributed by atoms with E-state index in [1.165, 1.54) is 0 Å². The van der Waals surface area contributed by atoms with Crippen LogP contribution in [0.3, 0.4) is 0 Å². The number of hydrogen-bond acceptors (Lipinski definition) is 3. The van der Waals surface area contributed by atoms with Gasteiger partial charge in [0.2, 0.25) is 0 Å². The summed E-state index contributed by atoms with van der Waals surface area (Å²) in [6.07, 6.45) is 0.852. The fraction of sp³-hybridized carbons (Fsp3) is 0.333. The highest BCUT2D eigenvalue weighted by molar-refractivity contribution is 7.52. The van der Waals surface area contributed by atoms with Gasteiger partial charge in [-0.15, -0.1) is 6.58 Å². The Morgan fingerprint density at radius 3 is 2.33 bits per heavy atom. The van der Waals surface area contributed by atoms with Crippen molar-refractivity contribution in [2.75, 3.05) is 6.54 Å². The average molecular weight is 237 g/mol. The van der Waals surface area contributed by atoms with Gasteiger partial charge in [-0.1, -0.05) is 6.08 Å². The van der Waals surface area contributed by atoms with E-state index in [0.29, 0.717) is 4.90 Å². The normalized spacial score (nSPS) is 12.9. The summed E-state index contributed by atoms with van der Waals surface area (Å²) in [7, 11) is -4.62. The van der Waals surface area contributed by atoms with Crippen LogP contribution in [-0.2, 0) is 9.36 Å². The Hall–Kier alpha value is -1.37. The number of aliphatic carboxylic acids is 1. The number of carboxylic acids is 1. The molecule has 0 fully saturated rings. The fourth-order valence-corrected chi connectivity index (χ4v) is 1.76. The van der Waals surface area contributed by atoms with Gasteiger partial charge in [-0.3, -0.25) is 14.8 Å². The van der Waals surface area contributed by atoms with Crippen LogP contribution in [0.1, 0.15) is 0 Å². The van der Waals surface area contributed by atoms with E-state index in [4.69, 9.17) is 26.0 Å². The van der Waals surface area contributed by atoms with Crippen molar-refractivity contribution in [1.82, 2.24) is 4.90 Å². The predicted octanol–water partition coefficient (Wildman–Crippen LogP) is -1.04. The summed E-state index contributed by atoms with van der Waals surface area (Å²) < 4.78 is 10.9. The molecule has 86 valence electrons. The van der Waals surface area contributed by atoms with E-state index < -0.39 is 31.9 Å². The van der Waals surface area contributed by atoms with E-state index in [-0.39, 0.29) is 0 Å². The van der Waals surface area contributed by atoms with Gasteiger partial charge in [0.25, 0.3) is 0 Å². The molecular weight excluding hydrogens is 225 g/mol. The molecular formula is C6H12N3O5P. The van der Waals surface area contributed by atoms with Gasteiger partial charge in [-0.2, -0.15) is 0 Å². The molecule has 0 saturated heterocycles. The van der Waals surface area contributed by atoms with E-state index in [9.17, 15) is 9.36 Å². The summed E-state index contributed by atoms with van der Waals surface area (Å²) in [5.74, 6) is -3.71. The summed E-state index contributed by atoms with van der Waals surface area (Å²) in [6.45, 7) is 2.38. The smallest absolute Gasteiger partial charge is 0.351 e. The average Bonchev–Trinajstić information content (AvgIpc) is 2.00. The van der Waals surface area contributed by atoms with Crippen molar-refractivity contribution < 1.29 is 24.3 Å². The molecule has 1 unspecified atom stereocenters. The lowest BCUT2D eigenvalue weighted by Gasteiger charge is -2.28. The topological polar surface area (TPSA) is 148 Å². The Morgan fingerprint density at radius 2 is 2.13 bits per heavy atom. The number of nitrogens with one attached hydrogen (secondary N) is 1. The molecule has 0 saturated carbocycles. The van der Waals surface area contributed by atoms with Crippen LogP contribution >= 0.6 is 7.60 Å². The van der Waals surface area contributed by atoms with Gasteiger partial charge in [0.15, 0.2) is 11.7 Å². The number of guanidine groups is 1. The Bertz CT molecular complexity index is 325. The number of nitrogens with two attached hydrogens (primary N) is 1. The molecule has 9 heteroatoms. The van der Waals surface area contributed by atoms with Gasteiger partial charge in [-0.25, -0.2) is 0 Å². The Kier molecular flexibility index (Phi) is 4.47. The molecule has 15 heavy (non-hydrogen) atoms. The van der Waals surface area contributed by atoms with Gasteiger partial charge < -0.3 is 25.5 Å². The highest BCUT2D eigenvalue weighted by atomic mass is 31.2. The Balaban J connectivity index is 5.04. The largest absolute Gasteiger partial charge is 0.480 e. The van der Waals surface area contributed by atoms with Crippen molar-refractivity contribution in [2.24, 2.45) is 5.73 Å². The molecule has 0 radical (unpaired) electrons. The molecule has 8 nitrogen and oxygen atoms in total. The summed E-state index contributed by atoms with van der Waals surface area (Å²) in [5.41, 5.74) is 5.01. The lowest BCUT2D eigenvalue weighted by Crippen LogP contribution is -2.45. The van der Waals surface area contributed by atoms with Crippen molar-refractivity contribution in [1.29, 1.82) is 5.41 Å². The van der Waals surface area contributed by atoms with Crippen molar-refractivity contribution in [2.45, 2.75) is 5.78 Å². The second kappa shape index (κ2) is 4.92. The first-order valence-electron chi connectivity index (χ1n) is 3.70. The minimum absolute atomic E-state index is 0.552. The second-order valence-corrected chi connectivity index (χ2v) is 4.35. The summed E-state index contributed by atoms with van der Waals surface area (Å²) in [6, 6.07) is 0. The highest BCUT2D eigenvalue weighted by Crippen LogP contribution is 2.43. The second-order valence-electron chi connectivity index (χ2n) is 2.65. The number of carbonyl (C=O) groups is 1. The zero-order valence-corrected chi connectivity index (χ0v) is 8.59. The van der Waals surface area contributed by atoms with Crippen LogP contribution in [0.25, 0.3) is 0 Å². The van der Waals surface area contributed by atoms with Crippen LogP contribution in [0.4, 0.5) is 0 Å². The number of carboxylic acid groups (broad SMARTS) is 1. The first-order valence-corrected chi connectivity index (χ1v) is 5.38. The molecule has 0 spiro atoms. The molecule has 0 aromatic heterocycles. The quantitative estimate of drug-likeness (QED) is 0.177. The molecule has 0 aromatic rings. The van der Waals surface area contributed by atoms with E-state index in [0.717, 1.165) is 6.08 Å². The molecule has 0 rings (SSSR count). The van der Waals surface area contributed by atoms with Crippen molar-refractivity contribution in [3.8, 4) is 0 Å². The Morgan fingerprint density at radius 1 is 1.67 bits per heavy atom. The zero-order valence-electron chi connectivity index (χ0n) is 7.70. The minimum Gasteiger partial charge on any atom is -0.480 e. The molecule has 6 N–H and O–H groups in total. The number of rotatable bonds is 5. The van der Waals surface area contributed by atoms with E-state index in [1.807, 2.05) is 0 Å². The van der Waals surface area contributed by atoms with Crippen LogP contribution in [0.2, 0.25) is 0 Å². The SMILES string of the molecule is C=CC(N(CC(=O)O)C(=N)N)P(=O)(O)O. The molecule has 0 aliphatic rings. The van der Waals surface area contributed by atoms with Crippen molar-refractivity contribution in [3.05, 3.63) is 12.7 Å². The maximum Gasteiger partial charge on any atom is 0.351 e. The third-order valence-electron chi connectivity index (χ3n) is 1.49. The highest BCUT2D eigenvalue weighted by Gasteiger charge is 2.33. The van der Waals surface area contributed by atoms with E-state index in [2.05, 4.69) is 6.58 Å². The van der Waals surface area contributed by atoms with Crippen molar-refractivity contribution in [3.63, 3.8) is 0 Å². The van der Waals surface area contributed by atoms with Gasteiger partial charge >= 0.3 is 13.6 Å². The van der Waals surface area contributed by atoms with E-state index >= 15 is 0 Å². The first kappa shape index (κ1) is 13.6. The van der Waals surface area contributed by atoms with Gasteiger partial charge in [-0.05, 0) is 0 Å². The third-order valence-corrected chi connectivity index (χ3v) is 2.67. The molecule has 0 aliphatic heterocycles. The van der Waals surface area contributed by atoms with Gasteiger partial charge in [0.05, 0.1) is 0 Å². The molecule has 1 atom stereocenters. The lowest BCUT2D eigenvalue weighted by molar-refractivity contribution is -0.137. The van der Waals surface area contributed by atoms with Crippen LogP contribution in [0.15, 0.2) is 12.7 Å². The molecule has 0 aliphatic carbocycles. The zero-order chi connectivity index (χ0) is 12.2. The fourth-order valence-electron chi connectivity index (χ4n) is 0.913. The van der Waals surface area contributed by atoms with Crippen LogP contribution in [0, 0.1) is 5.41 Å². The van der Waals surface area contributed by atoms with Crippen LogP contribution in [0.5, 0.6) is 0 Å². The standard InChI is InChI=1S/C6H12N3O5P/c1-2-4(15(12,13)14)9(6(7)8)3-5(10)11/h2,4H,1,3H2,(H3,7,8)(H,10,11)(H2,12,13,14). The molecule has 0 amide bonds. The van der Waals surface area contributed by atoms with E-state index in [1.54, 1.807) is 0 Å². The molecule has 0 heterocycles. The molecule has 0 aromatic carbocycles. The summed E-state index contributed by atoms with van der Waals surface area (Å²) in [4.78, 5) is 28.7. The van der Waals surface area contributed by atoms with Gasteiger partial charge in [0.1, 0.15) is 6.54 Å². The number of hydrogen-bond donors (Lipinski definition) is 5. The summed E-state index contributed by atoms with van der Waals surface area (Å²) in [5, 5.41) is 15.5. The monoisotopic (exact) mass is 237 g/mol. The number of nitrogens with zero attached hydrogens (tertiary/aromatic N) is 1. The summed E-state index contributed by atoms with van der Waals surface area (Å²) >= 11 is 0. The molecule has 0 bridgehead atoms. The maximum absolute atomic E-state index is 10.9. The first-order chi connectivity index (χ1) is 6.70. The lowest BCUT2D eigenvalue weighted by atomic mass is 10.4. The maximum atomic E-state index is 10.9. The van der Waals surface area contributed by atoms with Gasteiger partial charge in [0, 0.05) is 0 Å². The Labute approximate surface area is 85.7 Å². The minimum atomic E-state index is -4.62. The van der Waals surface area contributed by atoms with Crippen LogP contribution < -0.4 is 5.73 Å². The van der Waals surface area contributed by atoms with Crippen LogP contribution in [-0.4, -0.2) is 44.0 Å². The third kappa shape index (κ3) is 4.11.